The number of hydrogen-bond acceptors (Lipinski definition) is 4. The Morgan fingerprint density at radius 2 is 2.04 bits per heavy atom. The van der Waals surface area contributed by atoms with Gasteiger partial charge in [-0.25, -0.2) is 4.39 Å². The van der Waals surface area contributed by atoms with Crippen molar-refractivity contribution in [3.8, 4) is 11.5 Å². The van der Waals surface area contributed by atoms with Crippen molar-refractivity contribution in [2.45, 2.75) is 26.5 Å². The molecule has 1 aromatic heterocycles. The maximum Gasteiger partial charge on any atom is 0.260 e. The average Bonchev–Trinajstić information content (AvgIpc) is 2.58. The molecule has 1 heterocycles. The largest absolute Gasteiger partial charge is 0.496 e. The quantitative estimate of drug-likeness (QED) is 0.830. The van der Waals surface area contributed by atoms with Crippen LogP contribution in [0.15, 0.2) is 41.2 Å². The fourth-order valence-corrected chi connectivity index (χ4v) is 2.32. The second-order valence-corrected chi connectivity index (χ2v) is 5.51. The molecule has 0 fully saturated rings. The summed E-state index contributed by atoms with van der Waals surface area (Å²) in [7, 11) is 1.50. The first-order valence-corrected chi connectivity index (χ1v) is 7.86. The lowest BCUT2D eigenvalue weighted by Gasteiger charge is -2.16. The first-order chi connectivity index (χ1) is 11.9. The van der Waals surface area contributed by atoms with Gasteiger partial charge in [-0.05, 0) is 32.0 Å². The number of methoxy groups -OCH3 is 1. The fourth-order valence-electron chi connectivity index (χ4n) is 2.32. The molecular weight excluding hydrogens is 327 g/mol. The zero-order valence-electron chi connectivity index (χ0n) is 14.4. The highest BCUT2D eigenvalue weighted by Crippen LogP contribution is 2.17. The van der Waals surface area contributed by atoms with Gasteiger partial charge in [0.2, 0.25) is 0 Å². The van der Waals surface area contributed by atoms with Gasteiger partial charge < -0.3 is 19.4 Å². The minimum Gasteiger partial charge on any atom is -0.496 e. The van der Waals surface area contributed by atoms with Crippen molar-refractivity contribution in [3.05, 3.63) is 58.3 Å². The number of aromatic nitrogens is 1. The molecule has 25 heavy (non-hydrogen) atoms. The Morgan fingerprint density at radius 3 is 2.68 bits per heavy atom. The van der Waals surface area contributed by atoms with Gasteiger partial charge >= 0.3 is 0 Å². The lowest BCUT2D eigenvalue weighted by atomic mass is 10.3. The van der Waals surface area contributed by atoms with Gasteiger partial charge in [0.1, 0.15) is 5.75 Å². The molecule has 1 amide bonds. The number of benzene rings is 1. The van der Waals surface area contributed by atoms with Crippen LogP contribution in [-0.2, 0) is 11.3 Å². The van der Waals surface area contributed by atoms with Gasteiger partial charge in [0.05, 0.1) is 7.11 Å². The van der Waals surface area contributed by atoms with Crippen molar-refractivity contribution in [1.29, 1.82) is 0 Å². The molecule has 0 saturated carbocycles. The molecule has 0 aliphatic heterocycles. The average molecular weight is 348 g/mol. The van der Waals surface area contributed by atoms with Gasteiger partial charge in [0.15, 0.2) is 17.7 Å². The summed E-state index contributed by atoms with van der Waals surface area (Å²) in [6, 6.07) is 9.02. The predicted octanol–water partition coefficient (Wildman–Crippen LogP) is 1.89. The van der Waals surface area contributed by atoms with Crippen LogP contribution >= 0.6 is 0 Å². The SMILES string of the molecule is COc1cc(C)n(CCNC(=O)C(C)Oc2ccccc2F)c(=O)c1. The van der Waals surface area contributed by atoms with E-state index in [1.807, 2.05) is 0 Å². The molecule has 0 radical (unpaired) electrons. The van der Waals surface area contributed by atoms with Gasteiger partial charge in [-0.3, -0.25) is 9.59 Å². The minimum absolute atomic E-state index is 0.0207. The highest BCUT2D eigenvalue weighted by Gasteiger charge is 2.16. The van der Waals surface area contributed by atoms with Crippen LogP contribution < -0.4 is 20.3 Å². The first kappa shape index (κ1) is 18.5. The number of halogens is 1. The molecule has 6 nitrogen and oxygen atoms in total. The van der Waals surface area contributed by atoms with E-state index in [1.165, 1.54) is 36.8 Å². The van der Waals surface area contributed by atoms with Crippen LogP contribution in [0.2, 0.25) is 0 Å². The number of hydrogen-bond donors (Lipinski definition) is 1. The molecule has 0 bridgehead atoms. The van der Waals surface area contributed by atoms with E-state index in [2.05, 4.69) is 5.32 Å². The molecule has 7 heteroatoms. The van der Waals surface area contributed by atoms with Gasteiger partial charge in [-0.1, -0.05) is 12.1 Å². The summed E-state index contributed by atoms with van der Waals surface area (Å²) >= 11 is 0. The molecule has 0 saturated heterocycles. The van der Waals surface area contributed by atoms with Crippen LogP contribution in [0.25, 0.3) is 0 Å². The number of carbonyl (C=O) groups excluding carboxylic acids is 1. The van der Waals surface area contributed by atoms with Crippen LogP contribution in [0.1, 0.15) is 12.6 Å². The number of rotatable bonds is 7. The number of pyridine rings is 1. The Bertz CT molecular complexity index is 804. The Kier molecular flexibility index (Phi) is 6.16. The van der Waals surface area contributed by atoms with Crippen molar-refractivity contribution >= 4 is 5.91 Å². The van der Waals surface area contributed by atoms with E-state index in [1.54, 1.807) is 25.1 Å². The van der Waals surface area contributed by atoms with Crippen LogP contribution in [0.4, 0.5) is 4.39 Å². The smallest absolute Gasteiger partial charge is 0.260 e. The second-order valence-electron chi connectivity index (χ2n) is 5.51. The van der Waals surface area contributed by atoms with E-state index in [0.717, 1.165) is 5.69 Å². The summed E-state index contributed by atoms with van der Waals surface area (Å²) < 4.78 is 25.4. The molecule has 134 valence electrons. The van der Waals surface area contributed by atoms with E-state index < -0.39 is 11.9 Å². The zero-order valence-corrected chi connectivity index (χ0v) is 14.4. The third-order valence-corrected chi connectivity index (χ3v) is 3.69. The Hall–Kier alpha value is -2.83. The number of amides is 1. The fraction of sp³-hybridized carbons (Fsp3) is 0.333. The summed E-state index contributed by atoms with van der Waals surface area (Å²) in [6.07, 6.45) is -0.856. The lowest BCUT2D eigenvalue weighted by Crippen LogP contribution is -2.39. The number of nitrogens with zero attached hydrogens (tertiary/aromatic N) is 1. The molecule has 0 spiro atoms. The van der Waals surface area contributed by atoms with E-state index in [4.69, 9.17) is 9.47 Å². The maximum absolute atomic E-state index is 13.5. The number of aryl methyl sites for hydroxylation is 1. The molecule has 1 N–H and O–H groups in total. The van der Waals surface area contributed by atoms with Crippen molar-refractivity contribution in [1.82, 2.24) is 9.88 Å². The lowest BCUT2D eigenvalue weighted by molar-refractivity contribution is -0.127. The number of nitrogens with one attached hydrogen (secondary N) is 1. The first-order valence-electron chi connectivity index (χ1n) is 7.86. The summed E-state index contributed by atoms with van der Waals surface area (Å²) in [6.45, 7) is 3.88. The predicted molar refractivity (Wildman–Crippen MR) is 91.5 cm³/mol. The van der Waals surface area contributed by atoms with E-state index in [0.29, 0.717) is 12.3 Å². The molecule has 1 atom stereocenters. The van der Waals surface area contributed by atoms with Gasteiger partial charge in [0, 0.05) is 24.8 Å². The standard InChI is InChI=1S/C18H21FN2O4/c1-12-10-14(24-3)11-17(22)21(12)9-8-20-18(23)13(2)25-16-7-5-4-6-15(16)19/h4-7,10-11,13H,8-9H2,1-3H3,(H,20,23). The second kappa shape index (κ2) is 8.32. The number of para-hydroxylation sites is 1. The third kappa shape index (κ3) is 4.82. The Balaban J connectivity index is 1.90. The minimum atomic E-state index is -0.856. The number of carbonyl (C=O) groups is 1. The molecule has 0 aliphatic rings. The van der Waals surface area contributed by atoms with E-state index in [9.17, 15) is 14.0 Å². The normalized spacial score (nSPS) is 11.7. The van der Waals surface area contributed by atoms with Gasteiger partial charge in [0.25, 0.3) is 11.5 Å². The van der Waals surface area contributed by atoms with Crippen molar-refractivity contribution in [2.24, 2.45) is 0 Å². The summed E-state index contributed by atoms with van der Waals surface area (Å²) in [5.41, 5.74) is 0.524. The van der Waals surface area contributed by atoms with Crippen molar-refractivity contribution in [2.75, 3.05) is 13.7 Å². The summed E-state index contributed by atoms with van der Waals surface area (Å²) in [5.74, 6) is -0.396. The molecule has 0 aliphatic carbocycles. The zero-order chi connectivity index (χ0) is 18.4. The Morgan fingerprint density at radius 1 is 1.32 bits per heavy atom. The van der Waals surface area contributed by atoms with Crippen LogP contribution in [-0.4, -0.2) is 30.2 Å². The third-order valence-electron chi connectivity index (χ3n) is 3.69. The highest BCUT2D eigenvalue weighted by atomic mass is 19.1. The van der Waals surface area contributed by atoms with Gasteiger partial charge in [-0.2, -0.15) is 0 Å². The number of ether oxygens (including phenoxy) is 2. The molecule has 2 aromatic rings. The Labute approximate surface area is 145 Å². The molecule has 1 aromatic carbocycles. The monoisotopic (exact) mass is 348 g/mol. The van der Waals surface area contributed by atoms with Crippen LogP contribution in [0.3, 0.4) is 0 Å². The highest BCUT2D eigenvalue weighted by molar-refractivity contribution is 5.80. The van der Waals surface area contributed by atoms with Gasteiger partial charge in [-0.15, -0.1) is 0 Å². The molecular formula is C18H21FN2O4. The van der Waals surface area contributed by atoms with Crippen molar-refractivity contribution in [3.63, 3.8) is 0 Å². The van der Waals surface area contributed by atoms with Crippen molar-refractivity contribution < 1.29 is 18.7 Å². The van der Waals surface area contributed by atoms with E-state index in [-0.39, 0.29) is 23.8 Å². The van der Waals surface area contributed by atoms with Crippen LogP contribution in [0, 0.1) is 12.7 Å². The van der Waals surface area contributed by atoms with Crippen LogP contribution in [0.5, 0.6) is 11.5 Å². The summed E-state index contributed by atoms with van der Waals surface area (Å²) in [5, 5.41) is 2.68. The molecule has 2 rings (SSSR count). The van der Waals surface area contributed by atoms with E-state index >= 15 is 0 Å². The maximum atomic E-state index is 13.5. The summed E-state index contributed by atoms with van der Waals surface area (Å²) in [4.78, 5) is 24.1. The topological polar surface area (TPSA) is 69.6 Å². The molecule has 1 unspecified atom stereocenters.